The van der Waals surface area contributed by atoms with Gasteiger partial charge in [-0.1, -0.05) is 50.6 Å². The summed E-state index contributed by atoms with van der Waals surface area (Å²) in [6.45, 7) is 14.0. The van der Waals surface area contributed by atoms with Gasteiger partial charge >= 0.3 is 12.0 Å². The first kappa shape index (κ1) is 36.7. The van der Waals surface area contributed by atoms with Gasteiger partial charge in [-0.05, 0) is 62.3 Å². The van der Waals surface area contributed by atoms with E-state index in [-0.39, 0.29) is 71.7 Å². The van der Waals surface area contributed by atoms with E-state index in [9.17, 15) is 10.1 Å². The molecule has 0 saturated carbocycles. The highest BCUT2D eigenvalue weighted by Gasteiger charge is 2.56. The van der Waals surface area contributed by atoms with Crippen LogP contribution in [0.4, 0.5) is 24.4 Å². The van der Waals surface area contributed by atoms with Gasteiger partial charge in [0.1, 0.15) is 41.2 Å². The molecule has 4 aliphatic heterocycles. The number of thiophene rings is 1. The maximum absolute atomic E-state index is 17.4. The molecule has 9 rings (SSSR count). The van der Waals surface area contributed by atoms with Crippen molar-refractivity contribution in [2.45, 2.75) is 69.9 Å². The number of amides is 1. The van der Waals surface area contributed by atoms with Crippen LogP contribution in [0.3, 0.4) is 0 Å². The van der Waals surface area contributed by atoms with Crippen LogP contribution >= 0.6 is 22.9 Å². The molecule has 1 amide bonds. The number of anilines is 2. The predicted octanol–water partition coefficient (Wildman–Crippen LogP) is 7.74. The standard InChI is InChI=1S/C40H41ClF2N10O2S/c1-21(2)35-46-20-53(49-35)38(54)52-17-23(4)40(52)10-6-11-50(18-40)36-25-13-27(41)30(24-7-8-28(42)33-29(24)26(15-44)34(45)56-33)31(43)32(25)47-37(48-36)55-19-39-9-5-12-51(39)16-22(3)14-39/h7-8,13,20-21,23H,3,5-6,9-12,14,16-19,45H2,1-2,4H3/t23-,39-,40+/m0/s1. The van der Waals surface area contributed by atoms with Crippen LogP contribution < -0.4 is 15.4 Å². The van der Waals surface area contributed by atoms with E-state index in [2.05, 4.69) is 39.5 Å². The largest absolute Gasteiger partial charge is 0.461 e. The average molecular weight is 799 g/mol. The predicted molar refractivity (Wildman–Crippen MR) is 212 cm³/mol. The molecular formula is C40H41ClF2N10O2S. The van der Waals surface area contributed by atoms with E-state index in [1.165, 1.54) is 23.1 Å². The van der Waals surface area contributed by atoms with E-state index in [4.69, 9.17) is 32.0 Å². The Morgan fingerprint density at radius 1 is 1.23 bits per heavy atom. The molecule has 2 aromatic carbocycles. The van der Waals surface area contributed by atoms with Crippen LogP contribution in [0.25, 0.3) is 32.1 Å². The minimum absolute atomic E-state index is 0.0122. The van der Waals surface area contributed by atoms with Crippen LogP contribution in [0, 0.1) is 28.9 Å². The third kappa shape index (κ3) is 5.54. The Bertz CT molecular complexity index is 2520. The molecule has 1 spiro atoms. The van der Waals surface area contributed by atoms with Crippen molar-refractivity contribution in [1.29, 1.82) is 5.26 Å². The number of carbonyl (C=O) groups is 1. The molecule has 3 atom stereocenters. The summed E-state index contributed by atoms with van der Waals surface area (Å²) in [4.78, 5) is 34.3. The zero-order valence-corrected chi connectivity index (χ0v) is 33.0. The zero-order chi connectivity index (χ0) is 39.3. The number of hydrogen-bond acceptors (Lipinski definition) is 11. The maximum Gasteiger partial charge on any atom is 0.346 e. The molecule has 0 radical (unpaired) electrons. The fourth-order valence-electron chi connectivity index (χ4n) is 9.54. The molecule has 3 aromatic heterocycles. The van der Waals surface area contributed by atoms with Gasteiger partial charge in [0.15, 0.2) is 11.6 Å². The van der Waals surface area contributed by atoms with Gasteiger partial charge in [-0.15, -0.1) is 16.4 Å². The molecule has 4 saturated heterocycles. The molecule has 0 aliphatic carbocycles. The number of benzene rings is 2. The molecule has 4 fully saturated rings. The molecule has 2 N–H and O–H groups in total. The highest BCUT2D eigenvalue weighted by Crippen LogP contribution is 2.48. The van der Waals surface area contributed by atoms with Gasteiger partial charge in [-0.25, -0.2) is 18.6 Å². The van der Waals surface area contributed by atoms with E-state index < -0.39 is 17.2 Å². The smallest absolute Gasteiger partial charge is 0.346 e. The lowest BCUT2D eigenvalue weighted by Crippen LogP contribution is -2.74. The lowest BCUT2D eigenvalue weighted by atomic mass is 9.70. The Labute approximate surface area is 331 Å². The zero-order valence-electron chi connectivity index (χ0n) is 31.4. The Morgan fingerprint density at radius 2 is 2.04 bits per heavy atom. The highest BCUT2D eigenvalue weighted by atomic mass is 35.5. The molecule has 0 bridgehead atoms. The summed E-state index contributed by atoms with van der Waals surface area (Å²) in [5.74, 6) is -0.0678. The molecule has 7 heterocycles. The number of rotatable bonds is 6. The van der Waals surface area contributed by atoms with Crippen LogP contribution in [-0.4, -0.2) is 91.0 Å². The number of ether oxygens (including phenoxy) is 1. The summed E-state index contributed by atoms with van der Waals surface area (Å²) in [5.41, 5.74) is 6.73. The Morgan fingerprint density at radius 3 is 2.79 bits per heavy atom. The lowest BCUT2D eigenvalue weighted by Gasteiger charge is -2.61. The first-order valence-corrected chi connectivity index (χ1v) is 20.2. The van der Waals surface area contributed by atoms with Crippen molar-refractivity contribution in [3.05, 3.63) is 64.7 Å². The van der Waals surface area contributed by atoms with Crippen molar-refractivity contribution in [1.82, 2.24) is 34.5 Å². The lowest BCUT2D eigenvalue weighted by molar-refractivity contribution is -0.0454. The Balaban J connectivity index is 1.16. The van der Waals surface area contributed by atoms with Crippen molar-refractivity contribution < 1.29 is 18.3 Å². The summed E-state index contributed by atoms with van der Waals surface area (Å²) in [5, 5.41) is 15.2. The van der Waals surface area contributed by atoms with Gasteiger partial charge in [0.25, 0.3) is 0 Å². The molecule has 56 heavy (non-hydrogen) atoms. The van der Waals surface area contributed by atoms with Crippen LogP contribution in [0.2, 0.25) is 5.02 Å². The Kier molecular flexibility index (Phi) is 8.75. The van der Waals surface area contributed by atoms with Gasteiger partial charge in [0, 0.05) is 48.4 Å². The monoisotopic (exact) mass is 798 g/mol. The number of nitrogen functional groups attached to an aromatic ring is 1. The number of likely N-dealkylation sites (tertiary alicyclic amines) is 1. The molecule has 0 unspecified atom stereocenters. The second kappa shape index (κ2) is 13.3. The van der Waals surface area contributed by atoms with Crippen LogP contribution in [0.15, 0.2) is 36.7 Å². The number of hydrogen-bond donors (Lipinski definition) is 1. The number of nitrogens with two attached hydrogens (primary N) is 1. The van der Waals surface area contributed by atoms with E-state index in [1.807, 2.05) is 18.7 Å². The third-order valence-electron chi connectivity index (χ3n) is 12.4. The van der Waals surface area contributed by atoms with Crippen molar-refractivity contribution in [3.63, 3.8) is 0 Å². The summed E-state index contributed by atoms with van der Waals surface area (Å²) in [6.07, 6.45) is 5.76. The van der Waals surface area contributed by atoms with Crippen molar-refractivity contribution in [3.8, 4) is 23.2 Å². The molecule has 16 heteroatoms. The van der Waals surface area contributed by atoms with Crippen LogP contribution in [0.5, 0.6) is 6.01 Å². The number of piperidine rings is 1. The highest BCUT2D eigenvalue weighted by molar-refractivity contribution is 7.23. The van der Waals surface area contributed by atoms with E-state index >= 15 is 8.78 Å². The fraction of sp³-hybridized carbons (Fsp3) is 0.450. The van der Waals surface area contributed by atoms with E-state index in [0.717, 1.165) is 62.1 Å². The number of halogens is 3. The fourth-order valence-corrected chi connectivity index (χ4v) is 10.8. The van der Waals surface area contributed by atoms with E-state index in [1.54, 1.807) is 6.07 Å². The number of carbonyl (C=O) groups excluding carboxylic acids is 1. The summed E-state index contributed by atoms with van der Waals surface area (Å²) in [6, 6.07) is 6.10. The average Bonchev–Trinajstić information content (AvgIpc) is 3.96. The van der Waals surface area contributed by atoms with Crippen molar-refractivity contribution >= 4 is 60.8 Å². The van der Waals surface area contributed by atoms with Gasteiger partial charge in [0.2, 0.25) is 0 Å². The first-order chi connectivity index (χ1) is 26.8. The molecule has 5 aromatic rings. The van der Waals surface area contributed by atoms with Crippen LogP contribution in [0.1, 0.15) is 70.2 Å². The first-order valence-electron chi connectivity index (χ1n) is 19.0. The van der Waals surface area contributed by atoms with Gasteiger partial charge < -0.3 is 20.3 Å². The minimum Gasteiger partial charge on any atom is -0.461 e. The minimum atomic E-state index is -0.759. The summed E-state index contributed by atoms with van der Waals surface area (Å²) < 4.78 is 40.4. The second-order valence-corrected chi connectivity index (χ2v) is 17.6. The molecule has 12 nitrogen and oxygen atoms in total. The number of nitrogens with zero attached hydrogens (tertiary/aromatic N) is 9. The number of nitriles is 1. The quantitative estimate of drug-likeness (QED) is 0.170. The molecule has 4 aliphatic rings. The van der Waals surface area contributed by atoms with Crippen LogP contribution in [-0.2, 0) is 0 Å². The topological polar surface area (TPSA) is 142 Å². The molecular weight excluding hydrogens is 758 g/mol. The SMILES string of the molecule is C=C1CN2CCC[C@@]2(COc2nc(N3CCC[C@@]4(C3)[C@@H](C)CN4C(=O)n3cnc(C(C)C)n3)c3cc(Cl)c(-c4ccc(F)c5sc(N)c(C#N)c45)c(F)c3n2)C1. The van der Waals surface area contributed by atoms with E-state index in [0.29, 0.717) is 43.3 Å². The number of fused-ring (bicyclic) bond motifs is 3. The van der Waals surface area contributed by atoms with Crippen molar-refractivity contribution in [2.75, 3.05) is 50.0 Å². The maximum atomic E-state index is 17.4. The molecule has 290 valence electrons. The van der Waals surface area contributed by atoms with Gasteiger partial charge in [-0.3, -0.25) is 4.90 Å². The second-order valence-electron chi connectivity index (χ2n) is 16.1. The Hall–Kier alpha value is -4.91. The summed E-state index contributed by atoms with van der Waals surface area (Å²) >= 11 is 7.93. The normalized spacial score (nSPS) is 23.8. The van der Waals surface area contributed by atoms with Gasteiger partial charge in [-0.2, -0.15) is 19.9 Å². The van der Waals surface area contributed by atoms with Gasteiger partial charge in [0.05, 0.1) is 26.4 Å². The van der Waals surface area contributed by atoms with Crippen molar-refractivity contribution in [2.24, 2.45) is 5.92 Å². The third-order valence-corrected chi connectivity index (χ3v) is 13.7. The number of aromatic nitrogens is 5. The summed E-state index contributed by atoms with van der Waals surface area (Å²) in [7, 11) is 0.